The number of ether oxygens (including phenoxy) is 1. The summed E-state index contributed by atoms with van der Waals surface area (Å²) in [5.74, 6) is 1.30. The summed E-state index contributed by atoms with van der Waals surface area (Å²) in [5, 5.41) is 13.0. The summed E-state index contributed by atoms with van der Waals surface area (Å²) in [6, 6.07) is 8.82. The molecular weight excluding hydrogens is 236 g/mol. The third-order valence-electron chi connectivity index (χ3n) is 4.08. The van der Waals surface area contributed by atoms with Crippen molar-refractivity contribution in [3.8, 4) is 11.8 Å². The van der Waals surface area contributed by atoms with E-state index >= 15 is 0 Å². The van der Waals surface area contributed by atoms with E-state index in [2.05, 4.69) is 37.4 Å². The zero-order valence-corrected chi connectivity index (χ0v) is 12.0. The molecule has 0 radical (unpaired) electrons. The van der Waals surface area contributed by atoms with E-state index in [1.54, 1.807) is 7.11 Å². The minimum Gasteiger partial charge on any atom is -0.496 e. The van der Waals surface area contributed by atoms with Gasteiger partial charge < -0.3 is 10.1 Å². The van der Waals surface area contributed by atoms with Crippen LogP contribution in [0.5, 0.6) is 5.75 Å². The van der Waals surface area contributed by atoms with E-state index in [9.17, 15) is 5.26 Å². The fourth-order valence-corrected chi connectivity index (χ4v) is 2.75. The van der Waals surface area contributed by atoms with Crippen molar-refractivity contribution >= 4 is 0 Å². The molecule has 0 bridgehead atoms. The number of nitrogens with one attached hydrogen (secondary N) is 1. The van der Waals surface area contributed by atoms with Gasteiger partial charge in [0.1, 0.15) is 5.75 Å². The smallest absolute Gasteiger partial charge is 0.123 e. The molecule has 1 fully saturated rings. The molecule has 2 rings (SSSR count). The topological polar surface area (TPSA) is 45.0 Å². The van der Waals surface area contributed by atoms with Crippen LogP contribution in [-0.2, 0) is 5.41 Å². The van der Waals surface area contributed by atoms with Gasteiger partial charge in [0.25, 0.3) is 0 Å². The molecule has 0 atom stereocenters. The molecule has 0 unspecified atom stereocenters. The molecule has 0 amide bonds. The Bertz CT molecular complexity index is 482. The first kappa shape index (κ1) is 13.9. The minimum absolute atomic E-state index is 0.401. The quantitative estimate of drug-likeness (QED) is 0.906. The molecule has 19 heavy (non-hydrogen) atoms. The minimum atomic E-state index is -0.401. The number of hydrogen-bond acceptors (Lipinski definition) is 3. The van der Waals surface area contributed by atoms with Crippen molar-refractivity contribution in [2.45, 2.75) is 38.0 Å². The molecule has 0 aliphatic carbocycles. The van der Waals surface area contributed by atoms with Crippen molar-refractivity contribution in [3.63, 3.8) is 0 Å². The molecule has 3 heteroatoms. The van der Waals surface area contributed by atoms with Crippen molar-refractivity contribution < 1.29 is 4.74 Å². The number of hydrogen-bond donors (Lipinski definition) is 1. The highest BCUT2D eigenvalue weighted by Crippen LogP contribution is 2.39. The van der Waals surface area contributed by atoms with Crippen molar-refractivity contribution in [2.75, 3.05) is 20.2 Å². The van der Waals surface area contributed by atoms with Crippen LogP contribution in [0.3, 0.4) is 0 Å². The lowest BCUT2D eigenvalue weighted by atomic mass is 9.73. The normalized spacial score (nSPS) is 18.1. The van der Waals surface area contributed by atoms with Crippen LogP contribution < -0.4 is 10.1 Å². The Morgan fingerprint density at radius 2 is 2.00 bits per heavy atom. The molecule has 1 N–H and O–H groups in total. The van der Waals surface area contributed by atoms with E-state index in [0.717, 1.165) is 37.2 Å². The molecule has 1 heterocycles. The van der Waals surface area contributed by atoms with Crippen LogP contribution in [0.4, 0.5) is 0 Å². The second-order valence-electron chi connectivity index (χ2n) is 5.56. The fraction of sp³-hybridized carbons (Fsp3) is 0.562. The van der Waals surface area contributed by atoms with Crippen LogP contribution in [0.15, 0.2) is 18.2 Å². The highest BCUT2D eigenvalue weighted by molar-refractivity contribution is 5.47. The Labute approximate surface area is 115 Å². The van der Waals surface area contributed by atoms with Gasteiger partial charge in [-0.2, -0.15) is 5.26 Å². The van der Waals surface area contributed by atoms with Gasteiger partial charge in [-0.05, 0) is 43.5 Å². The summed E-state index contributed by atoms with van der Waals surface area (Å²) in [4.78, 5) is 0. The highest BCUT2D eigenvalue weighted by atomic mass is 16.5. The average Bonchev–Trinajstić information content (AvgIpc) is 2.47. The first-order chi connectivity index (χ1) is 9.13. The number of benzene rings is 1. The Morgan fingerprint density at radius 3 is 2.53 bits per heavy atom. The van der Waals surface area contributed by atoms with E-state index < -0.39 is 5.41 Å². The first-order valence-corrected chi connectivity index (χ1v) is 6.93. The van der Waals surface area contributed by atoms with Gasteiger partial charge in [-0.3, -0.25) is 0 Å². The number of piperidine rings is 1. The highest BCUT2D eigenvalue weighted by Gasteiger charge is 2.36. The molecule has 1 aliphatic rings. The zero-order valence-electron chi connectivity index (χ0n) is 12.0. The summed E-state index contributed by atoms with van der Waals surface area (Å²) >= 11 is 0. The predicted molar refractivity (Wildman–Crippen MR) is 76.5 cm³/mol. The fourth-order valence-electron chi connectivity index (χ4n) is 2.75. The van der Waals surface area contributed by atoms with Crippen molar-refractivity contribution in [2.24, 2.45) is 0 Å². The maximum atomic E-state index is 9.71. The lowest BCUT2D eigenvalue weighted by Crippen LogP contribution is -2.39. The maximum Gasteiger partial charge on any atom is 0.123 e. The predicted octanol–water partition coefficient (Wildman–Crippen LogP) is 2.96. The van der Waals surface area contributed by atoms with Crippen LogP contribution in [0.25, 0.3) is 0 Å². The number of rotatable bonds is 3. The second-order valence-corrected chi connectivity index (χ2v) is 5.56. The lowest BCUT2D eigenvalue weighted by Gasteiger charge is -2.33. The lowest BCUT2D eigenvalue weighted by molar-refractivity contribution is 0.353. The number of methoxy groups -OCH3 is 1. The van der Waals surface area contributed by atoms with Crippen LogP contribution in [0.2, 0.25) is 0 Å². The first-order valence-electron chi connectivity index (χ1n) is 6.93. The molecular formula is C16H22N2O. The van der Waals surface area contributed by atoms with E-state index in [-0.39, 0.29) is 0 Å². The van der Waals surface area contributed by atoms with Gasteiger partial charge in [0.15, 0.2) is 0 Å². The standard InChI is InChI=1S/C16H22N2O/c1-12(2)13-4-5-15(19-3)14(10-13)16(11-17)6-8-18-9-7-16/h4-5,10,12,18H,6-9H2,1-3H3. The molecule has 0 aromatic heterocycles. The van der Waals surface area contributed by atoms with Gasteiger partial charge >= 0.3 is 0 Å². The van der Waals surface area contributed by atoms with Gasteiger partial charge in [0.05, 0.1) is 18.6 Å². The van der Waals surface area contributed by atoms with Crippen molar-refractivity contribution in [1.29, 1.82) is 5.26 Å². The Balaban J connectivity index is 2.51. The average molecular weight is 258 g/mol. The molecule has 102 valence electrons. The summed E-state index contributed by atoms with van der Waals surface area (Å²) in [5.41, 5.74) is 1.93. The van der Waals surface area contributed by atoms with Gasteiger partial charge in [-0.25, -0.2) is 0 Å². The zero-order chi connectivity index (χ0) is 13.9. The van der Waals surface area contributed by atoms with Gasteiger partial charge in [0, 0.05) is 5.56 Å². The van der Waals surface area contributed by atoms with Gasteiger partial charge in [-0.15, -0.1) is 0 Å². The number of nitriles is 1. The molecule has 1 aromatic rings. The summed E-state index contributed by atoms with van der Waals surface area (Å²) in [6.07, 6.45) is 1.70. The van der Waals surface area contributed by atoms with Crippen molar-refractivity contribution in [3.05, 3.63) is 29.3 Å². The molecule has 1 aromatic carbocycles. The Hall–Kier alpha value is -1.53. The second kappa shape index (κ2) is 5.63. The molecule has 1 saturated heterocycles. The molecule has 0 saturated carbocycles. The molecule has 0 spiro atoms. The third-order valence-corrected chi connectivity index (χ3v) is 4.08. The summed E-state index contributed by atoms with van der Waals surface area (Å²) < 4.78 is 5.49. The van der Waals surface area contributed by atoms with Crippen LogP contribution in [0.1, 0.15) is 43.7 Å². The Morgan fingerprint density at radius 1 is 1.32 bits per heavy atom. The number of nitrogens with zero attached hydrogens (tertiary/aromatic N) is 1. The maximum absolute atomic E-state index is 9.71. The van der Waals surface area contributed by atoms with Crippen LogP contribution in [-0.4, -0.2) is 20.2 Å². The molecule has 3 nitrogen and oxygen atoms in total. The summed E-state index contributed by atoms with van der Waals surface area (Å²) in [6.45, 7) is 6.13. The van der Waals surface area contributed by atoms with E-state index in [1.807, 2.05) is 6.07 Å². The van der Waals surface area contributed by atoms with Gasteiger partial charge in [0.2, 0.25) is 0 Å². The van der Waals surface area contributed by atoms with Crippen LogP contribution in [0, 0.1) is 11.3 Å². The van der Waals surface area contributed by atoms with E-state index in [0.29, 0.717) is 5.92 Å². The summed E-state index contributed by atoms with van der Waals surface area (Å²) in [7, 11) is 1.68. The Kier molecular flexibility index (Phi) is 4.11. The largest absolute Gasteiger partial charge is 0.496 e. The molecule has 1 aliphatic heterocycles. The third kappa shape index (κ3) is 2.59. The van der Waals surface area contributed by atoms with Crippen LogP contribution >= 0.6 is 0 Å². The van der Waals surface area contributed by atoms with E-state index in [4.69, 9.17) is 4.74 Å². The van der Waals surface area contributed by atoms with E-state index in [1.165, 1.54) is 5.56 Å². The monoisotopic (exact) mass is 258 g/mol. The van der Waals surface area contributed by atoms with Gasteiger partial charge in [-0.1, -0.05) is 26.0 Å². The van der Waals surface area contributed by atoms with Crippen molar-refractivity contribution in [1.82, 2.24) is 5.32 Å². The SMILES string of the molecule is COc1ccc(C(C)C)cc1C1(C#N)CCNCC1.